The molecule has 0 aliphatic heterocycles. The number of anilines is 2. The molecule has 4 rings (SSSR count). The predicted molar refractivity (Wildman–Crippen MR) is 137 cm³/mol. The first-order valence-corrected chi connectivity index (χ1v) is 12.5. The number of pyridine rings is 1. The van der Waals surface area contributed by atoms with E-state index in [1.165, 1.54) is 11.3 Å². The van der Waals surface area contributed by atoms with E-state index in [9.17, 15) is 9.59 Å². The van der Waals surface area contributed by atoms with Crippen LogP contribution in [0.4, 0.5) is 15.5 Å². The maximum Gasteiger partial charge on any atom is 0.407 e. The van der Waals surface area contributed by atoms with Gasteiger partial charge >= 0.3 is 6.09 Å². The number of amides is 2. The lowest BCUT2D eigenvalue weighted by Crippen LogP contribution is -2.28. The lowest BCUT2D eigenvalue weighted by Gasteiger charge is -2.22. The fraction of sp³-hybridized carbons (Fsp3) is 0.346. The number of nitrogens with one attached hydrogen (secondary N) is 2. The van der Waals surface area contributed by atoms with Crippen molar-refractivity contribution in [3.05, 3.63) is 70.4 Å². The third-order valence-electron chi connectivity index (χ3n) is 6.03. The molecule has 3 aromatic rings. The summed E-state index contributed by atoms with van der Waals surface area (Å²) in [4.78, 5) is 29.9. The average molecular weight is 495 g/mol. The number of rotatable bonds is 9. The molecular formula is C26H30N4O4S. The van der Waals surface area contributed by atoms with Gasteiger partial charge in [-0.25, -0.2) is 4.79 Å². The summed E-state index contributed by atoms with van der Waals surface area (Å²) >= 11 is 1.52. The van der Waals surface area contributed by atoms with Crippen LogP contribution >= 0.6 is 11.3 Å². The standard InChI is InChI=1S/C26H30N4O4S/c1-33-20-7-4-5-17(13-20)9-11-23(31)30-25-24(27)21-10-8-18(14-22(21)35-25)16-34-26(32)29-15-19-6-2-3-12-28-19/h2-7,12-13,18H,8-11,14-16,27H2,1H3,(H,29,32)(H,30,31). The summed E-state index contributed by atoms with van der Waals surface area (Å²) in [6.07, 6.45) is 4.68. The van der Waals surface area contributed by atoms with Gasteiger partial charge in [-0.1, -0.05) is 18.2 Å². The first-order chi connectivity index (χ1) is 17.0. The van der Waals surface area contributed by atoms with Crippen LogP contribution in [0.2, 0.25) is 0 Å². The molecule has 0 spiro atoms. The minimum absolute atomic E-state index is 0.0671. The lowest BCUT2D eigenvalue weighted by atomic mass is 9.89. The number of nitrogen functional groups attached to an aromatic ring is 1. The van der Waals surface area contributed by atoms with E-state index in [4.69, 9.17) is 15.2 Å². The van der Waals surface area contributed by atoms with Gasteiger partial charge in [-0.05, 0) is 67.0 Å². The minimum atomic E-state index is -0.448. The lowest BCUT2D eigenvalue weighted by molar-refractivity contribution is -0.116. The molecule has 1 aliphatic rings. The van der Waals surface area contributed by atoms with Gasteiger partial charge in [0.1, 0.15) is 10.8 Å². The molecule has 0 saturated heterocycles. The quantitative estimate of drug-likeness (QED) is 0.408. The minimum Gasteiger partial charge on any atom is -0.497 e. The van der Waals surface area contributed by atoms with Crippen molar-refractivity contribution in [2.75, 3.05) is 24.8 Å². The van der Waals surface area contributed by atoms with Crippen molar-refractivity contribution in [1.29, 1.82) is 0 Å². The summed E-state index contributed by atoms with van der Waals surface area (Å²) in [5.41, 5.74) is 9.95. The van der Waals surface area contributed by atoms with Crippen LogP contribution in [0.25, 0.3) is 0 Å². The van der Waals surface area contributed by atoms with Crippen LogP contribution in [0.3, 0.4) is 0 Å². The van der Waals surface area contributed by atoms with Crippen molar-refractivity contribution in [2.24, 2.45) is 5.92 Å². The molecule has 9 heteroatoms. The molecule has 1 aromatic carbocycles. The van der Waals surface area contributed by atoms with Crippen LogP contribution in [-0.2, 0) is 35.3 Å². The number of ether oxygens (including phenoxy) is 2. The van der Waals surface area contributed by atoms with Crippen molar-refractivity contribution >= 4 is 34.0 Å². The van der Waals surface area contributed by atoms with E-state index in [2.05, 4.69) is 15.6 Å². The molecule has 2 aromatic heterocycles. The molecule has 1 aliphatic carbocycles. The zero-order valence-corrected chi connectivity index (χ0v) is 20.5. The monoisotopic (exact) mass is 494 g/mol. The molecule has 184 valence electrons. The number of carbonyl (C=O) groups excluding carboxylic acids is 2. The first kappa shape index (κ1) is 24.5. The van der Waals surface area contributed by atoms with Gasteiger partial charge in [0.05, 0.1) is 31.6 Å². The highest BCUT2D eigenvalue weighted by Gasteiger charge is 2.26. The van der Waals surface area contributed by atoms with Gasteiger partial charge in [-0.3, -0.25) is 9.78 Å². The van der Waals surface area contributed by atoms with Gasteiger partial charge in [-0.15, -0.1) is 11.3 Å². The van der Waals surface area contributed by atoms with Gasteiger partial charge in [0.2, 0.25) is 5.91 Å². The molecule has 2 heterocycles. The molecule has 0 fully saturated rings. The Hall–Kier alpha value is -3.59. The van der Waals surface area contributed by atoms with Crippen LogP contribution in [0.5, 0.6) is 5.75 Å². The van der Waals surface area contributed by atoms with E-state index >= 15 is 0 Å². The number of alkyl carbamates (subject to hydrolysis) is 1. The Labute approximate surface area is 208 Å². The summed E-state index contributed by atoms with van der Waals surface area (Å²) in [6.45, 7) is 0.671. The van der Waals surface area contributed by atoms with E-state index in [0.717, 1.165) is 46.7 Å². The first-order valence-electron chi connectivity index (χ1n) is 11.6. The summed E-state index contributed by atoms with van der Waals surface area (Å²) in [5.74, 6) is 0.933. The maximum atomic E-state index is 12.6. The van der Waals surface area contributed by atoms with Crippen molar-refractivity contribution in [1.82, 2.24) is 10.3 Å². The Balaban J connectivity index is 1.24. The molecule has 1 unspecified atom stereocenters. The van der Waals surface area contributed by atoms with Crippen LogP contribution in [0.1, 0.15) is 34.5 Å². The van der Waals surface area contributed by atoms with Crippen LogP contribution in [-0.4, -0.2) is 30.7 Å². The zero-order chi connectivity index (χ0) is 24.6. The summed E-state index contributed by atoms with van der Waals surface area (Å²) in [5, 5.41) is 6.42. The van der Waals surface area contributed by atoms with Gasteiger partial charge in [-0.2, -0.15) is 0 Å². The Morgan fingerprint density at radius 2 is 2.11 bits per heavy atom. The molecule has 0 radical (unpaired) electrons. The van der Waals surface area contributed by atoms with E-state index in [0.29, 0.717) is 36.7 Å². The number of aryl methyl sites for hydroxylation is 1. The van der Waals surface area contributed by atoms with Crippen molar-refractivity contribution < 1.29 is 19.1 Å². The van der Waals surface area contributed by atoms with Crippen LogP contribution in [0, 0.1) is 5.92 Å². The molecule has 2 amide bonds. The van der Waals surface area contributed by atoms with Crippen LogP contribution in [0.15, 0.2) is 48.7 Å². The Morgan fingerprint density at radius 1 is 1.23 bits per heavy atom. The highest BCUT2D eigenvalue weighted by atomic mass is 32.1. The number of thiophene rings is 1. The van der Waals surface area contributed by atoms with Gasteiger partial charge in [0.15, 0.2) is 0 Å². The summed E-state index contributed by atoms with van der Waals surface area (Å²) in [7, 11) is 1.63. The Bertz CT molecular complexity index is 1170. The fourth-order valence-corrected chi connectivity index (χ4v) is 5.40. The number of methoxy groups -OCH3 is 1. The van der Waals surface area contributed by atoms with E-state index in [1.54, 1.807) is 13.3 Å². The average Bonchev–Trinajstić information content (AvgIpc) is 3.19. The number of nitrogens with zero attached hydrogens (tertiary/aromatic N) is 1. The molecule has 4 N–H and O–H groups in total. The third-order valence-corrected chi connectivity index (χ3v) is 7.21. The maximum absolute atomic E-state index is 12.6. The number of carbonyl (C=O) groups is 2. The van der Waals surface area contributed by atoms with E-state index in [1.807, 2.05) is 42.5 Å². The topological polar surface area (TPSA) is 116 Å². The van der Waals surface area contributed by atoms with E-state index < -0.39 is 6.09 Å². The normalized spacial score (nSPS) is 14.6. The predicted octanol–water partition coefficient (Wildman–Crippen LogP) is 4.34. The van der Waals surface area contributed by atoms with Crippen molar-refractivity contribution in [3.8, 4) is 5.75 Å². The number of fused-ring (bicyclic) bond motifs is 1. The second-order valence-electron chi connectivity index (χ2n) is 8.53. The third kappa shape index (κ3) is 6.73. The second kappa shape index (κ2) is 11.7. The summed E-state index contributed by atoms with van der Waals surface area (Å²) < 4.78 is 10.7. The Kier molecular flexibility index (Phi) is 8.20. The van der Waals surface area contributed by atoms with Crippen molar-refractivity contribution in [3.63, 3.8) is 0 Å². The number of nitrogens with two attached hydrogens (primary N) is 1. The number of hydrogen-bond donors (Lipinski definition) is 3. The zero-order valence-electron chi connectivity index (χ0n) is 19.7. The smallest absolute Gasteiger partial charge is 0.407 e. The SMILES string of the molecule is COc1cccc(CCC(=O)Nc2sc3c(c2N)CCC(COC(=O)NCc2ccccn2)C3)c1. The highest BCUT2D eigenvalue weighted by molar-refractivity contribution is 7.17. The van der Waals surface area contributed by atoms with Gasteiger partial charge in [0, 0.05) is 17.5 Å². The van der Waals surface area contributed by atoms with E-state index in [-0.39, 0.29) is 11.8 Å². The van der Waals surface area contributed by atoms with Crippen molar-refractivity contribution in [2.45, 2.75) is 38.6 Å². The molecule has 1 atom stereocenters. The van der Waals surface area contributed by atoms with Crippen LogP contribution < -0.4 is 21.1 Å². The summed E-state index contributed by atoms with van der Waals surface area (Å²) in [6, 6.07) is 13.3. The number of aromatic nitrogens is 1. The van der Waals surface area contributed by atoms with Gasteiger partial charge in [0.25, 0.3) is 0 Å². The molecular weight excluding hydrogens is 464 g/mol. The molecule has 8 nitrogen and oxygen atoms in total. The number of hydrogen-bond acceptors (Lipinski definition) is 7. The largest absolute Gasteiger partial charge is 0.497 e. The highest BCUT2D eigenvalue weighted by Crippen LogP contribution is 2.41. The molecule has 35 heavy (non-hydrogen) atoms. The molecule has 0 saturated carbocycles. The van der Waals surface area contributed by atoms with Gasteiger partial charge < -0.3 is 25.8 Å². The second-order valence-corrected chi connectivity index (χ2v) is 9.63. The Morgan fingerprint density at radius 3 is 2.91 bits per heavy atom. The fourth-order valence-electron chi connectivity index (χ4n) is 4.10. The number of benzene rings is 1. The molecule has 0 bridgehead atoms.